The molecule has 0 saturated carbocycles. The first-order chi connectivity index (χ1) is 7.44. The molecule has 0 radical (unpaired) electrons. The van der Waals surface area contributed by atoms with Crippen molar-refractivity contribution in [2.45, 2.75) is 20.3 Å². The number of sulfonamides is 1. The minimum absolute atomic E-state index is 0.0511. The van der Waals surface area contributed by atoms with Gasteiger partial charge in [-0.25, -0.2) is 13.6 Å². The zero-order valence-corrected chi connectivity index (χ0v) is 10.5. The molecular weight excluding hydrogens is 224 g/mol. The minimum atomic E-state index is -3.39. The number of nitrogens with one attached hydrogen (secondary N) is 1. The highest BCUT2D eigenvalue weighted by Crippen LogP contribution is 2.20. The molecule has 1 aromatic carbocycles. The van der Waals surface area contributed by atoms with E-state index in [4.69, 9.17) is 5.14 Å². The smallest absolute Gasteiger partial charge is 0.210 e. The predicted molar refractivity (Wildman–Crippen MR) is 67.0 cm³/mol. The van der Waals surface area contributed by atoms with Crippen LogP contribution in [0.25, 0.3) is 0 Å². The summed E-state index contributed by atoms with van der Waals surface area (Å²) in [4.78, 5) is 0. The first kappa shape index (κ1) is 13.0. The lowest BCUT2D eigenvalue weighted by molar-refractivity contribution is 0.598. The van der Waals surface area contributed by atoms with E-state index in [0.29, 0.717) is 6.54 Å². The van der Waals surface area contributed by atoms with Crippen LogP contribution in [0.5, 0.6) is 0 Å². The van der Waals surface area contributed by atoms with Crippen LogP contribution in [0.1, 0.15) is 18.1 Å². The van der Waals surface area contributed by atoms with Crippen molar-refractivity contribution in [1.29, 1.82) is 0 Å². The molecule has 16 heavy (non-hydrogen) atoms. The third-order valence-corrected chi connectivity index (χ3v) is 3.20. The molecular formula is C11H18N2O2S. The van der Waals surface area contributed by atoms with Gasteiger partial charge in [0.25, 0.3) is 0 Å². The topological polar surface area (TPSA) is 72.2 Å². The van der Waals surface area contributed by atoms with Crippen molar-refractivity contribution in [2.75, 3.05) is 17.6 Å². The van der Waals surface area contributed by atoms with E-state index in [0.717, 1.165) is 17.7 Å². The number of primary sulfonamides is 1. The van der Waals surface area contributed by atoms with Gasteiger partial charge < -0.3 is 5.32 Å². The number of benzene rings is 1. The number of hydrogen-bond acceptors (Lipinski definition) is 3. The van der Waals surface area contributed by atoms with E-state index in [1.165, 1.54) is 5.56 Å². The van der Waals surface area contributed by atoms with Crippen molar-refractivity contribution in [1.82, 2.24) is 0 Å². The molecule has 0 unspecified atom stereocenters. The molecule has 5 heteroatoms. The Bertz CT molecular complexity index is 455. The van der Waals surface area contributed by atoms with Crippen molar-refractivity contribution in [2.24, 2.45) is 5.14 Å². The van der Waals surface area contributed by atoms with E-state index < -0.39 is 10.0 Å². The summed E-state index contributed by atoms with van der Waals surface area (Å²) in [5.74, 6) is -0.0511. The molecule has 0 spiro atoms. The van der Waals surface area contributed by atoms with Gasteiger partial charge >= 0.3 is 0 Å². The number of rotatable bonds is 5. The molecule has 0 aliphatic rings. The fourth-order valence-electron chi connectivity index (χ4n) is 1.59. The highest BCUT2D eigenvalue weighted by molar-refractivity contribution is 7.89. The second kappa shape index (κ2) is 5.32. The van der Waals surface area contributed by atoms with E-state index >= 15 is 0 Å². The van der Waals surface area contributed by atoms with Gasteiger partial charge in [0.2, 0.25) is 10.0 Å². The van der Waals surface area contributed by atoms with Crippen molar-refractivity contribution in [3.05, 3.63) is 29.3 Å². The van der Waals surface area contributed by atoms with E-state index in [9.17, 15) is 8.42 Å². The highest BCUT2D eigenvalue weighted by Gasteiger charge is 2.05. The summed E-state index contributed by atoms with van der Waals surface area (Å²) in [5.41, 5.74) is 3.33. The van der Waals surface area contributed by atoms with Gasteiger partial charge in [0.15, 0.2) is 0 Å². The molecule has 0 fully saturated rings. The molecule has 4 nitrogen and oxygen atoms in total. The third kappa shape index (κ3) is 3.83. The van der Waals surface area contributed by atoms with Crippen LogP contribution in [0, 0.1) is 6.92 Å². The zero-order chi connectivity index (χ0) is 12.2. The maximum atomic E-state index is 10.8. The first-order valence-electron chi connectivity index (χ1n) is 5.27. The van der Waals surface area contributed by atoms with Crippen LogP contribution < -0.4 is 10.5 Å². The largest absolute Gasteiger partial charge is 0.384 e. The molecule has 90 valence electrons. The average Bonchev–Trinajstić information content (AvgIpc) is 2.18. The molecule has 0 bridgehead atoms. The van der Waals surface area contributed by atoms with Crippen LogP contribution in [0.15, 0.2) is 18.2 Å². The van der Waals surface area contributed by atoms with Gasteiger partial charge in [-0.2, -0.15) is 0 Å². The molecule has 3 N–H and O–H groups in total. The second-order valence-electron chi connectivity index (χ2n) is 3.76. The summed E-state index contributed by atoms with van der Waals surface area (Å²) in [6.45, 7) is 4.41. The van der Waals surface area contributed by atoms with Crippen molar-refractivity contribution >= 4 is 15.7 Å². The Labute approximate surface area is 96.9 Å². The highest BCUT2D eigenvalue weighted by atomic mass is 32.2. The Morgan fingerprint density at radius 1 is 1.38 bits per heavy atom. The zero-order valence-electron chi connectivity index (χ0n) is 9.66. The van der Waals surface area contributed by atoms with Crippen LogP contribution in [0.2, 0.25) is 0 Å². The quantitative estimate of drug-likeness (QED) is 0.816. The first-order valence-corrected chi connectivity index (χ1v) is 6.98. The van der Waals surface area contributed by atoms with Gasteiger partial charge in [0.05, 0.1) is 5.75 Å². The Kier molecular flexibility index (Phi) is 4.32. The lowest BCUT2D eigenvalue weighted by Crippen LogP contribution is -2.22. The molecule has 0 amide bonds. The molecule has 0 aliphatic heterocycles. The van der Waals surface area contributed by atoms with E-state index in [1.54, 1.807) is 0 Å². The van der Waals surface area contributed by atoms with E-state index in [1.807, 2.05) is 25.1 Å². The van der Waals surface area contributed by atoms with Gasteiger partial charge in [0.1, 0.15) is 0 Å². The van der Waals surface area contributed by atoms with Crippen molar-refractivity contribution in [3.8, 4) is 0 Å². The summed E-state index contributed by atoms with van der Waals surface area (Å²) in [5, 5.41) is 8.07. The molecule has 0 aliphatic carbocycles. The normalized spacial score (nSPS) is 11.4. The van der Waals surface area contributed by atoms with Crippen molar-refractivity contribution in [3.63, 3.8) is 0 Å². The number of para-hydroxylation sites is 1. The summed E-state index contributed by atoms with van der Waals surface area (Å²) in [7, 11) is -3.39. The fourth-order valence-corrected chi connectivity index (χ4v) is 1.98. The lowest BCUT2D eigenvalue weighted by Gasteiger charge is -2.13. The summed E-state index contributed by atoms with van der Waals surface area (Å²) >= 11 is 0. The van der Waals surface area contributed by atoms with Gasteiger partial charge in [0, 0.05) is 12.2 Å². The minimum Gasteiger partial charge on any atom is -0.384 e. The maximum Gasteiger partial charge on any atom is 0.210 e. The average molecular weight is 242 g/mol. The molecule has 0 atom stereocenters. The summed E-state index contributed by atoms with van der Waals surface area (Å²) in [6, 6.07) is 6.03. The number of anilines is 1. The van der Waals surface area contributed by atoms with Crippen molar-refractivity contribution < 1.29 is 8.42 Å². The van der Waals surface area contributed by atoms with Crippen LogP contribution in [0.3, 0.4) is 0 Å². The molecule has 0 aromatic heterocycles. The van der Waals surface area contributed by atoms with Gasteiger partial charge in [-0.05, 0) is 24.5 Å². The van der Waals surface area contributed by atoms with Crippen LogP contribution in [0.4, 0.5) is 5.69 Å². The maximum absolute atomic E-state index is 10.8. The fraction of sp³-hybridized carbons (Fsp3) is 0.455. The van der Waals surface area contributed by atoms with Gasteiger partial charge in [-0.3, -0.25) is 0 Å². The SMILES string of the molecule is CCc1cccc(C)c1NCCS(N)(=O)=O. The van der Waals surface area contributed by atoms with E-state index in [2.05, 4.69) is 12.2 Å². The third-order valence-electron chi connectivity index (χ3n) is 2.43. The Morgan fingerprint density at radius 2 is 2.06 bits per heavy atom. The standard InChI is InChI=1S/C11H18N2O2S/c1-3-10-6-4-5-9(2)11(10)13-7-8-16(12,14)15/h4-6,13H,3,7-8H2,1-2H3,(H2,12,14,15). The Morgan fingerprint density at radius 3 is 2.62 bits per heavy atom. The second-order valence-corrected chi connectivity index (χ2v) is 5.49. The van der Waals surface area contributed by atoms with E-state index in [-0.39, 0.29) is 5.75 Å². The monoisotopic (exact) mass is 242 g/mol. The molecule has 0 saturated heterocycles. The van der Waals surface area contributed by atoms with Gasteiger partial charge in [-0.1, -0.05) is 25.1 Å². The Balaban J connectivity index is 2.73. The van der Waals surface area contributed by atoms with Gasteiger partial charge in [-0.15, -0.1) is 0 Å². The summed E-state index contributed by atoms with van der Waals surface area (Å²) < 4.78 is 21.6. The molecule has 1 aromatic rings. The molecule has 0 heterocycles. The lowest BCUT2D eigenvalue weighted by atomic mass is 10.1. The van der Waals surface area contributed by atoms with Crippen LogP contribution >= 0.6 is 0 Å². The van der Waals surface area contributed by atoms with Crippen LogP contribution in [-0.2, 0) is 16.4 Å². The predicted octanol–water partition coefficient (Wildman–Crippen LogP) is 1.26. The van der Waals surface area contributed by atoms with Crippen LogP contribution in [-0.4, -0.2) is 20.7 Å². The number of aryl methyl sites for hydroxylation is 2. The Hall–Kier alpha value is -1.07. The number of hydrogen-bond donors (Lipinski definition) is 2. The summed E-state index contributed by atoms with van der Waals surface area (Å²) in [6.07, 6.45) is 0.916. The molecule has 1 rings (SSSR count). The number of nitrogens with two attached hydrogens (primary N) is 1.